The van der Waals surface area contributed by atoms with Gasteiger partial charge in [0.05, 0.1) is 13.2 Å². The Bertz CT molecular complexity index is 712. The summed E-state index contributed by atoms with van der Waals surface area (Å²) in [7, 11) is 0. The van der Waals surface area contributed by atoms with E-state index in [1.165, 1.54) is 22.3 Å². The van der Waals surface area contributed by atoms with Crippen molar-refractivity contribution in [3.05, 3.63) is 64.7 Å². The highest BCUT2D eigenvalue weighted by molar-refractivity contribution is 5.85. The lowest BCUT2D eigenvalue weighted by atomic mass is 10.1. The molecular weight excluding hydrogens is 419 g/mol. The van der Waals surface area contributed by atoms with Crippen LogP contribution in [0.2, 0.25) is 0 Å². The van der Waals surface area contributed by atoms with E-state index in [4.69, 9.17) is 9.47 Å². The third kappa shape index (κ3) is 8.44. The third-order valence-electron chi connectivity index (χ3n) is 5.34. The number of nitrogens with zero attached hydrogens (tertiary/aromatic N) is 2. The Balaban J connectivity index is 0.00000225. The summed E-state index contributed by atoms with van der Waals surface area (Å²) in [5.41, 5.74) is 5.08. The van der Waals surface area contributed by atoms with Crippen LogP contribution in [0.4, 0.5) is 0 Å². The molecule has 0 atom stereocenters. The van der Waals surface area contributed by atoms with Crippen molar-refractivity contribution in [2.75, 3.05) is 52.5 Å². The summed E-state index contributed by atoms with van der Waals surface area (Å²) in [5.74, 6) is 1.00. The number of benzene rings is 2. The van der Waals surface area contributed by atoms with E-state index in [2.05, 4.69) is 73.0 Å². The largest absolute Gasteiger partial charge is 0.491 e. The van der Waals surface area contributed by atoms with E-state index in [0.717, 1.165) is 51.6 Å². The molecule has 0 amide bonds. The lowest BCUT2D eigenvalue weighted by molar-refractivity contribution is 0.0601. The maximum absolute atomic E-state index is 5.94. The summed E-state index contributed by atoms with van der Waals surface area (Å²) in [6.45, 7) is 14.9. The Morgan fingerprint density at radius 2 is 1.37 bits per heavy atom. The standard InChI is InChI=1S/C24H34N2O2.2ClH/c1-20-17-21(2)24(22(3)18-20)28-16-15-27-14-13-25-9-11-26(12-10-25)19-23-7-5-4-6-8-23;;/h4-8,17-18H,9-16,19H2,1-3H3;2*1H. The lowest BCUT2D eigenvalue weighted by Crippen LogP contribution is -2.46. The van der Waals surface area contributed by atoms with Crippen LogP contribution in [-0.4, -0.2) is 62.3 Å². The second kappa shape index (κ2) is 13.9. The fourth-order valence-corrected chi connectivity index (χ4v) is 3.91. The van der Waals surface area contributed by atoms with E-state index in [1.54, 1.807) is 0 Å². The Kier molecular flexibility index (Phi) is 12.4. The second-order valence-electron chi connectivity index (χ2n) is 7.79. The molecule has 168 valence electrons. The van der Waals surface area contributed by atoms with Crippen LogP contribution in [0.3, 0.4) is 0 Å². The molecule has 3 rings (SSSR count). The molecule has 30 heavy (non-hydrogen) atoms. The van der Waals surface area contributed by atoms with Gasteiger partial charge in [0, 0.05) is 39.3 Å². The zero-order chi connectivity index (χ0) is 19.8. The summed E-state index contributed by atoms with van der Waals surface area (Å²) in [5, 5.41) is 0. The molecule has 1 fully saturated rings. The van der Waals surface area contributed by atoms with Crippen LogP contribution in [-0.2, 0) is 11.3 Å². The van der Waals surface area contributed by atoms with Gasteiger partial charge in [-0.15, -0.1) is 24.8 Å². The maximum Gasteiger partial charge on any atom is 0.125 e. The van der Waals surface area contributed by atoms with Gasteiger partial charge in [-0.2, -0.15) is 0 Å². The first-order valence-electron chi connectivity index (χ1n) is 10.4. The summed E-state index contributed by atoms with van der Waals surface area (Å²) in [6.07, 6.45) is 0. The molecule has 2 aromatic rings. The molecule has 1 aliphatic heterocycles. The molecule has 1 aliphatic rings. The Hall–Kier alpha value is -1.30. The molecule has 2 aromatic carbocycles. The summed E-state index contributed by atoms with van der Waals surface area (Å²) in [6, 6.07) is 15.1. The number of rotatable bonds is 9. The second-order valence-corrected chi connectivity index (χ2v) is 7.79. The van der Waals surface area contributed by atoms with Gasteiger partial charge in [-0.1, -0.05) is 48.0 Å². The van der Waals surface area contributed by atoms with Crippen LogP contribution >= 0.6 is 24.8 Å². The van der Waals surface area contributed by atoms with Crippen molar-refractivity contribution in [2.45, 2.75) is 27.3 Å². The van der Waals surface area contributed by atoms with Crippen LogP contribution < -0.4 is 4.74 Å². The van der Waals surface area contributed by atoms with Crippen molar-refractivity contribution in [3.8, 4) is 5.75 Å². The number of aryl methyl sites for hydroxylation is 3. The SMILES string of the molecule is Cc1cc(C)c(OCCOCCN2CCN(Cc3ccccc3)CC2)c(C)c1.Cl.Cl. The first-order valence-corrected chi connectivity index (χ1v) is 10.4. The molecule has 0 aromatic heterocycles. The number of piperazine rings is 1. The zero-order valence-corrected chi connectivity index (χ0v) is 20.1. The van der Waals surface area contributed by atoms with E-state index < -0.39 is 0 Å². The van der Waals surface area contributed by atoms with Crippen molar-refractivity contribution >= 4 is 24.8 Å². The summed E-state index contributed by atoms with van der Waals surface area (Å²) < 4.78 is 11.7. The highest BCUT2D eigenvalue weighted by atomic mass is 35.5. The van der Waals surface area contributed by atoms with Crippen LogP contribution in [0, 0.1) is 20.8 Å². The van der Waals surface area contributed by atoms with Crippen LogP contribution in [0.25, 0.3) is 0 Å². The monoisotopic (exact) mass is 454 g/mol. The quantitative estimate of drug-likeness (QED) is 0.513. The molecular formula is C24H36Cl2N2O2. The van der Waals surface area contributed by atoms with Crippen molar-refractivity contribution in [1.82, 2.24) is 9.80 Å². The van der Waals surface area contributed by atoms with E-state index >= 15 is 0 Å². The van der Waals surface area contributed by atoms with Crippen molar-refractivity contribution in [2.24, 2.45) is 0 Å². The average molecular weight is 455 g/mol. The summed E-state index contributed by atoms with van der Waals surface area (Å²) >= 11 is 0. The molecule has 0 aliphatic carbocycles. The summed E-state index contributed by atoms with van der Waals surface area (Å²) in [4.78, 5) is 5.03. The van der Waals surface area contributed by atoms with Crippen LogP contribution in [0.15, 0.2) is 42.5 Å². The molecule has 0 unspecified atom stereocenters. The smallest absolute Gasteiger partial charge is 0.125 e. The Morgan fingerprint density at radius 1 is 0.767 bits per heavy atom. The molecule has 0 N–H and O–H groups in total. The number of ether oxygens (including phenoxy) is 2. The lowest BCUT2D eigenvalue weighted by Gasteiger charge is -2.34. The zero-order valence-electron chi connectivity index (χ0n) is 18.4. The maximum atomic E-state index is 5.94. The van der Waals surface area contributed by atoms with E-state index in [0.29, 0.717) is 13.2 Å². The van der Waals surface area contributed by atoms with Gasteiger partial charge in [0.15, 0.2) is 0 Å². The minimum absolute atomic E-state index is 0. The molecule has 4 nitrogen and oxygen atoms in total. The van der Waals surface area contributed by atoms with Gasteiger partial charge in [-0.3, -0.25) is 9.80 Å². The first-order chi connectivity index (χ1) is 13.6. The molecule has 0 saturated carbocycles. The molecule has 0 bridgehead atoms. The van der Waals surface area contributed by atoms with Gasteiger partial charge in [0.1, 0.15) is 12.4 Å². The predicted molar refractivity (Wildman–Crippen MR) is 130 cm³/mol. The van der Waals surface area contributed by atoms with Crippen molar-refractivity contribution in [1.29, 1.82) is 0 Å². The van der Waals surface area contributed by atoms with E-state index in [-0.39, 0.29) is 24.8 Å². The molecule has 0 radical (unpaired) electrons. The highest BCUT2D eigenvalue weighted by Gasteiger charge is 2.16. The van der Waals surface area contributed by atoms with Crippen LogP contribution in [0.1, 0.15) is 22.3 Å². The van der Waals surface area contributed by atoms with Crippen molar-refractivity contribution in [3.63, 3.8) is 0 Å². The number of hydrogen-bond donors (Lipinski definition) is 0. The first kappa shape index (κ1) is 26.7. The van der Waals surface area contributed by atoms with E-state index in [9.17, 15) is 0 Å². The minimum atomic E-state index is 0. The van der Waals surface area contributed by atoms with Gasteiger partial charge in [-0.05, 0) is 37.5 Å². The Morgan fingerprint density at radius 3 is 2.00 bits per heavy atom. The minimum Gasteiger partial charge on any atom is -0.491 e. The molecule has 6 heteroatoms. The highest BCUT2D eigenvalue weighted by Crippen LogP contribution is 2.24. The Labute approximate surface area is 194 Å². The normalized spacial score (nSPS) is 14.6. The van der Waals surface area contributed by atoms with Crippen molar-refractivity contribution < 1.29 is 9.47 Å². The fraction of sp³-hybridized carbons (Fsp3) is 0.500. The average Bonchev–Trinajstić information content (AvgIpc) is 2.68. The van der Waals surface area contributed by atoms with E-state index in [1.807, 2.05) is 0 Å². The van der Waals surface area contributed by atoms with Gasteiger partial charge in [0.2, 0.25) is 0 Å². The fourth-order valence-electron chi connectivity index (χ4n) is 3.91. The van der Waals surface area contributed by atoms with Gasteiger partial charge in [0.25, 0.3) is 0 Å². The number of halogens is 2. The molecule has 0 spiro atoms. The molecule has 1 heterocycles. The van der Waals surface area contributed by atoms with Crippen LogP contribution in [0.5, 0.6) is 5.75 Å². The topological polar surface area (TPSA) is 24.9 Å². The van der Waals surface area contributed by atoms with Gasteiger partial charge >= 0.3 is 0 Å². The van der Waals surface area contributed by atoms with Gasteiger partial charge in [-0.25, -0.2) is 0 Å². The third-order valence-corrected chi connectivity index (χ3v) is 5.34. The van der Waals surface area contributed by atoms with Gasteiger partial charge < -0.3 is 9.47 Å². The number of hydrogen-bond acceptors (Lipinski definition) is 4. The molecule has 1 saturated heterocycles. The predicted octanol–water partition coefficient (Wildman–Crippen LogP) is 4.67.